The first-order valence-electron chi connectivity index (χ1n) is 6.16. The minimum absolute atomic E-state index is 0.0904. The minimum Gasteiger partial charge on any atom is -0.466 e. The summed E-state index contributed by atoms with van der Waals surface area (Å²) in [5.74, 6) is -0.0904. The predicted molar refractivity (Wildman–Crippen MR) is 66.4 cm³/mol. The van der Waals surface area contributed by atoms with Crippen LogP contribution in [0, 0.1) is 0 Å². The van der Waals surface area contributed by atoms with Crippen LogP contribution in [0.25, 0.3) is 0 Å². The Morgan fingerprint density at radius 1 is 1.41 bits per heavy atom. The maximum Gasteiger partial charge on any atom is 0.305 e. The van der Waals surface area contributed by atoms with E-state index in [1.807, 2.05) is 17.8 Å². The highest BCUT2D eigenvalue weighted by atomic mass is 16.5. The summed E-state index contributed by atoms with van der Waals surface area (Å²) in [4.78, 5) is 11.0. The molecule has 0 bridgehead atoms. The summed E-state index contributed by atoms with van der Waals surface area (Å²) < 4.78 is 6.70. The standard InChI is InChI=1S/C12H21N3O2/c1-2-17-12(16)7-5-3-4-6-8-15-10-11(13)9-14-15/h9-10H,2-8,13H2,1H3. The van der Waals surface area contributed by atoms with Crippen molar-refractivity contribution in [2.24, 2.45) is 0 Å². The van der Waals surface area contributed by atoms with E-state index in [-0.39, 0.29) is 5.97 Å². The van der Waals surface area contributed by atoms with Gasteiger partial charge in [-0.05, 0) is 19.8 Å². The molecule has 0 aromatic carbocycles. The molecule has 17 heavy (non-hydrogen) atoms. The molecule has 0 aliphatic carbocycles. The summed E-state index contributed by atoms with van der Waals surface area (Å²) in [6.07, 6.45) is 8.13. The smallest absolute Gasteiger partial charge is 0.305 e. The molecule has 0 atom stereocenters. The van der Waals surface area contributed by atoms with Crippen LogP contribution in [0.4, 0.5) is 5.69 Å². The highest BCUT2D eigenvalue weighted by molar-refractivity contribution is 5.69. The second kappa shape index (κ2) is 7.70. The van der Waals surface area contributed by atoms with E-state index in [0.29, 0.717) is 18.7 Å². The molecule has 0 fully saturated rings. The van der Waals surface area contributed by atoms with Gasteiger partial charge < -0.3 is 10.5 Å². The number of esters is 1. The fourth-order valence-electron chi connectivity index (χ4n) is 1.63. The number of nitrogens with zero attached hydrogens (tertiary/aromatic N) is 2. The van der Waals surface area contributed by atoms with Crippen molar-refractivity contribution in [1.29, 1.82) is 0 Å². The Kier molecular flexibility index (Phi) is 6.14. The zero-order valence-corrected chi connectivity index (χ0v) is 10.4. The molecule has 2 N–H and O–H groups in total. The number of carbonyl (C=O) groups is 1. The van der Waals surface area contributed by atoms with Gasteiger partial charge in [0.15, 0.2) is 0 Å². The Hall–Kier alpha value is -1.52. The fourth-order valence-corrected chi connectivity index (χ4v) is 1.63. The zero-order valence-electron chi connectivity index (χ0n) is 10.4. The summed E-state index contributed by atoms with van der Waals surface area (Å²) in [5, 5.41) is 4.10. The van der Waals surface area contributed by atoms with Gasteiger partial charge >= 0.3 is 5.97 Å². The molecule has 0 aliphatic heterocycles. The molecule has 0 amide bonds. The molecule has 0 aliphatic rings. The zero-order chi connectivity index (χ0) is 12.5. The molecule has 1 heterocycles. The maximum absolute atomic E-state index is 11.0. The lowest BCUT2D eigenvalue weighted by Gasteiger charge is -2.02. The SMILES string of the molecule is CCOC(=O)CCCCCCn1cc(N)cn1. The number of carbonyl (C=O) groups excluding carboxylic acids is 1. The number of hydrogen-bond donors (Lipinski definition) is 1. The number of unbranched alkanes of at least 4 members (excludes halogenated alkanes) is 3. The van der Waals surface area contributed by atoms with Gasteiger partial charge in [-0.1, -0.05) is 12.8 Å². The molecule has 5 nitrogen and oxygen atoms in total. The molecule has 0 radical (unpaired) electrons. The van der Waals surface area contributed by atoms with E-state index >= 15 is 0 Å². The maximum atomic E-state index is 11.0. The summed E-state index contributed by atoms with van der Waals surface area (Å²) in [6, 6.07) is 0. The Balaban J connectivity index is 1.96. The van der Waals surface area contributed by atoms with Crippen molar-refractivity contribution in [3.63, 3.8) is 0 Å². The molecule has 96 valence electrons. The molecule has 0 saturated heterocycles. The summed E-state index contributed by atoms with van der Waals surface area (Å²) >= 11 is 0. The van der Waals surface area contributed by atoms with Crippen molar-refractivity contribution in [2.75, 3.05) is 12.3 Å². The van der Waals surface area contributed by atoms with Crippen LogP contribution in [0.1, 0.15) is 39.0 Å². The van der Waals surface area contributed by atoms with Crippen molar-refractivity contribution in [2.45, 2.75) is 45.6 Å². The number of nitrogen functional groups attached to an aromatic ring is 1. The lowest BCUT2D eigenvalue weighted by molar-refractivity contribution is -0.143. The molecular formula is C12H21N3O2. The van der Waals surface area contributed by atoms with Crippen LogP contribution in [0.2, 0.25) is 0 Å². The first kappa shape index (κ1) is 13.5. The Morgan fingerprint density at radius 3 is 2.82 bits per heavy atom. The van der Waals surface area contributed by atoms with Crippen LogP contribution in [0.3, 0.4) is 0 Å². The third-order valence-corrected chi connectivity index (χ3v) is 2.48. The third-order valence-electron chi connectivity index (χ3n) is 2.48. The van der Waals surface area contributed by atoms with Gasteiger partial charge in [-0.15, -0.1) is 0 Å². The second-order valence-electron chi connectivity index (χ2n) is 4.01. The van der Waals surface area contributed by atoms with Crippen LogP contribution < -0.4 is 5.73 Å². The van der Waals surface area contributed by atoms with E-state index < -0.39 is 0 Å². The summed E-state index contributed by atoms with van der Waals surface area (Å²) in [5.41, 5.74) is 6.26. The van der Waals surface area contributed by atoms with Crippen LogP contribution in [0.5, 0.6) is 0 Å². The normalized spacial score (nSPS) is 10.4. The van der Waals surface area contributed by atoms with Crippen LogP contribution >= 0.6 is 0 Å². The predicted octanol–water partition coefficient (Wildman–Crippen LogP) is 1.98. The van der Waals surface area contributed by atoms with Gasteiger partial charge in [-0.3, -0.25) is 9.48 Å². The first-order valence-corrected chi connectivity index (χ1v) is 6.16. The van der Waals surface area contributed by atoms with Crippen molar-refractivity contribution >= 4 is 11.7 Å². The lowest BCUT2D eigenvalue weighted by atomic mass is 10.1. The Labute approximate surface area is 102 Å². The van der Waals surface area contributed by atoms with Gasteiger partial charge in [0.25, 0.3) is 0 Å². The average molecular weight is 239 g/mol. The quantitative estimate of drug-likeness (QED) is 0.556. The Morgan fingerprint density at radius 2 is 2.18 bits per heavy atom. The minimum atomic E-state index is -0.0904. The number of anilines is 1. The van der Waals surface area contributed by atoms with E-state index in [9.17, 15) is 4.79 Å². The highest BCUT2D eigenvalue weighted by Gasteiger charge is 2.00. The lowest BCUT2D eigenvalue weighted by Crippen LogP contribution is -2.03. The number of nitrogens with two attached hydrogens (primary N) is 1. The van der Waals surface area contributed by atoms with E-state index in [0.717, 1.165) is 32.2 Å². The third kappa shape index (κ3) is 5.94. The number of aromatic nitrogens is 2. The molecule has 0 saturated carbocycles. The van der Waals surface area contributed by atoms with E-state index in [2.05, 4.69) is 5.10 Å². The Bertz CT molecular complexity index is 336. The first-order chi connectivity index (χ1) is 8.22. The molecule has 0 spiro atoms. The number of aryl methyl sites for hydroxylation is 1. The number of hydrogen-bond acceptors (Lipinski definition) is 4. The van der Waals surface area contributed by atoms with E-state index in [4.69, 9.17) is 10.5 Å². The van der Waals surface area contributed by atoms with E-state index in [1.54, 1.807) is 6.20 Å². The molecule has 5 heteroatoms. The molecule has 1 aromatic heterocycles. The van der Waals surface area contributed by atoms with Gasteiger partial charge in [-0.2, -0.15) is 5.10 Å². The van der Waals surface area contributed by atoms with Gasteiger partial charge in [0, 0.05) is 19.2 Å². The van der Waals surface area contributed by atoms with Crippen molar-refractivity contribution in [3.05, 3.63) is 12.4 Å². The fraction of sp³-hybridized carbons (Fsp3) is 0.667. The van der Waals surface area contributed by atoms with Gasteiger partial charge in [0.1, 0.15) is 0 Å². The molecular weight excluding hydrogens is 218 g/mol. The van der Waals surface area contributed by atoms with Gasteiger partial charge in [0.05, 0.1) is 18.5 Å². The topological polar surface area (TPSA) is 70.1 Å². The van der Waals surface area contributed by atoms with E-state index in [1.165, 1.54) is 0 Å². The van der Waals surface area contributed by atoms with Crippen LogP contribution in [-0.2, 0) is 16.1 Å². The van der Waals surface area contributed by atoms with Crippen LogP contribution in [0.15, 0.2) is 12.4 Å². The molecule has 1 aromatic rings. The van der Waals surface area contributed by atoms with Gasteiger partial charge in [-0.25, -0.2) is 0 Å². The van der Waals surface area contributed by atoms with Crippen molar-refractivity contribution in [3.8, 4) is 0 Å². The molecule has 0 unspecified atom stereocenters. The summed E-state index contributed by atoms with van der Waals surface area (Å²) in [7, 11) is 0. The largest absolute Gasteiger partial charge is 0.466 e. The average Bonchev–Trinajstić information content (AvgIpc) is 2.70. The van der Waals surface area contributed by atoms with Crippen molar-refractivity contribution < 1.29 is 9.53 Å². The second-order valence-corrected chi connectivity index (χ2v) is 4.01. The van der Waals surface area contributed by atoms with Crippen molar-refractivity contribution in [1.82, 2.24) is 9.78 Å². The highest BCUT2D eigenvalue weighted by Crippen LogP contribution is 2.06. The van der Waals surface area contributed by atoms with Crippen LogP contribution in [-0.4, -0.2) is 22.4 Å². The molecule has 1 rings (SSSR count). The number of rotatable bonds is 8. The van der Waals surface area contributed by atoms with Gasteiger partial charge in [0.2, 0.25) is 0 Å². The summed E-state index contributed by atoms with van der Waals surface area (Å²) in [6.45, 7) is 3.18. The monoisotopic (exact) mass is 239 g/mol. The number of ether oxygens (including phenoxy) is 1.